The fourth-order valence-electron chi connectivity index (χ4n) is 9.67. The Morgan fingerprint density at radius 2 is 0.750 bits per heavy atom. The van der Waals surface area contributed by atoms with Crippen LogP contribution < -0.4 is 5.11 Å². The van der Waals surface area contributed by atoms with Gasteiger partial charge in [0.2, 0.25) is 0 Å². The molecule has 0 fully saturated rings. The molecule has 0 aliphatic rings. The summed E-state index contributed by atoms with van der Waals surface area (Å²) in [7, 11) is 5.91. The van der Waals surface area contributed by atoms with Crippen molar-refractivity contribution in [1.29, 1.82) is 0 Å². The Hall–Kier alpha value is -2.49. The maximum Gasteiger partial charge on any atom is 0.306 e. The van der Waals surface area contributed by atoms with Gasteiger partial charge in [-0.05, 0) is 44.9 Å². The van der Waals surface area contributed by atoms with Crippen molar-refractivity contribution in [3.63, 3.8) is 0 Å². The summed E-state index contributed by atoms with van der Waals surface area (Å²) >= 11 is 0. The van der Waals surface area contributed by atoms with Gasteiger partial charge in [-0.3, -0.25) is 9.59 Å². The summed E-state index contributed by atoms with van der Waals surface area (Å²) in [5.41, 5.74) is 0. The van der Waals surface area contributed by atoms with E-state index in [1.807, 2.05) is 21.1 Å². The third kappa shape index (κ3) is 59.2. The number of hydrogen-bond acceptors (Lipinski definition) is 8. The molecule has 9 nitrogen and oxygen atoms in total. The van der Waals surface area contributed by atoms with Crippen molar-refractivity contribution in [2.45, 2.75) is 328 Å². The highest BCUT2D eigenvalue weighted by Gasteiger charge is 2.22. The van der Waals surface area contributed by atoms with Crippen LogP contribution in [0.1, 0.15) is 316 Å². The third-order valence-corrected chi connectivity index (χ3v) is 14.7. The number of quaternary nitrogens is 1. The zero-order valence-electron chi connectivity index (χ0n) is 50.9. The number of allylic oxidation sites excluding steroid dienone is 6. The number of hydrogen-bond donors (Lipinski definition) is 0. The average Bonchev–Trinajstić information content (AvgIpc) is 3.39. The normalized spacial score (nSPS) is 12.9. The molecule has 0 rings (SSSR count). The van der Waals surface area contributed by atoms with E-state index in [9.17, 15) is 19.5 Å². The molecule has 0 aromatic heterocycles. The van der Waals surface area contributed by atoms with Crippen molar-refractivity contribution in [3.05, 3.63) is 36.5 Å². The van der Waals surface area contributed by atoms with Crippen LogP contribution in [0.5, 0.6) is 0 Å². The van der Waals surface area contributed by atoms with Crippen molar-refractivity contribution >= 4 is 17.9 Å². The van der Waals surface area contributed by atoms with Gasteiger partial charge in [0.25, 0.3) is 0 Å². The van der Waals surface area contributed by atoms with E-state index in [0.29, 0.717) is 17.4 Å². The van der Waals surface area contributed by atoms with Crippen LogP contribution in [-0.2, 0) is 33.3 Å². The molecule has 0 radical (unpaired) electrons. The van der Waals surface area contributed by atoms with Gasteiger partial charge >= 0.3 is 11.9 Å². The Balaban J connectivity index is 3.89. The van der Waals surface area contributed by atoms with Crippen LogP contribution in [-0.4, -0.2) is 82.3 Å². The van der Waals surface area contributed by atoms with E-state index >= 15 is 0 Å². The fourth-order valence-corrected chi connectivity index (χ4v) is 9.67. The van der Waals surface area contributed by atoms with E-state index < -0.39 is 24.3 Å². The second kappa shape index (κ2) is 58.7. The van der Waals surface area contributed by atoms with Crippen molar-refractivity contribution < 1.29 is 42.9 Å². The fraction of sp³-hybridized carbons (Fsp3) is 0.866. The van der Waals surface area contributed by atoms with E-state index in [1.54, 1.807) is 0 Å². The molecule has 0 amide bonds. The van der Waals surface area contributed by atoms with Crippen molar-refractivity contribution in [2.24, 2.45) is 0 Å². The van der Waals surface area contributed by atoms with Gasteiger partial charge in [-0.1, -0.05) is 294 Å². The first-order valence-electron chi connectivity index (χ1n) is 32.6. The molecule has 0 aromatic rings. The predicted octanol–water partition coefficient (Wildman–Crippen LogP) is 18.3. The molecular formula is C67H125NO8. The summed E-state index contributed by atoms with van der Waals surface area (Å²) in [5.74, 6) is -2.31. The lowest BCUT2D eigenvalue weighted by Gasteiger charge is -2.26. The van der Waals surface area contributed by atoms with E-state index in [2.05, 4.69) is 50.3 Å². The number of carboxylic acid groups (broad SMARTS) is 1. The highest BCUT2D eigenvalue weighted by atomic mass is 16.7. The molecule has 0 aliphatic carbocycles. The first-order valence-corrected chi connectivity index (χ1v) is 32.6. The number of nitrogens with zero attached hydrogens (tertiary/aromatic N) is 1. The second-order valence-corrected chi connectivity index (χ2v) is 23.4. The minimum absolute atomic E-state index is 0.143. The zero-order valence-corrected chi connectivity index (χ0v) is 50.9. The van der Waals surface area contributed by atoms with Gasteiger partial charge < -0.3 is 33.3 Å². The number of carbonyl (C=O) groups is 3. The highest BCUT2D eigenvalue weighted by molar-refractivity contribution is 5.70. The molecule has 9 heteroatoms. The molecule has 0 saturated heterocycles. The standard InChI is InChI=1S/C67H125NO8/c1-6-8-10-12-14-16-18-20-21-22-23-24-25-26-27-28-29-30-31-32-33-34-35-36-37-38-39-40-41-42-43-44-46-47-49-51-53-55-57-64(69)74-61-63(62-75-67(66(71)72)73-60-59-68(3,4)5)76-65(70)58-56-54-52-50-48-45-19-17-15-13-11-9-7-2/h9,11,15,17,45,48,63,67H,6-8,10,12-14,16,18-44,46-47,49-62H2,1-5H3/b11-9-,17-15-,48-45-. The van der Waals surface area contributed by atoms with Crippen molar-refractivity contribution in [2.75, 3.05) is 47.5 Å². The van der Waals surface area contributed by atoms with Crippen molar-refractivity contribution in [3.8, 4) is 0 Å². The smallest absolute Gasteiger partial charge is 0.306 e. The number of aliphatic carboxylic acids is 1. The monoisotopic (exact) mass is 1070 g/mol. The van der Waals surface area contributed by atoms with Crippen LogP contribution in [0.2, 0.25) is 0 Å². The number of esters is 2. The first kappa shape index (κ1) is 73.5. The summed E-state index contributed by atoms with van der Waals surface area (Å²) in [6, 6.07) is 0. The number of carbonyl (C=O) groups excluding carboxylic acids is 3. The molecule has 0 bridgehead atoms. The topological polar surface area (TPSA) is 111 Å². The third-order valence-electron chi connectivity index (χ3n) is 14.7. The summed E-state index contributed by atoms with van der Waals surface area (Å²) in [6.45, 7) is 4.63. The number of rotatable bonds is 61. The lowest BCUT2D eigenvalue weighted by atomic mass is 10.0. The molecule has 0 spiro atoms. The zero-order chi connectivity index (χ0) is 55.5. The van der Waals surface area contributed by atoms with Gasteiger partial charge in [-0.2, -0.15) is 0 Å². The maximum absolute atomic E-state index is 12.8. The van der Waals surface area contributed by atoms with Gasteiger partial charge in [-0.25, -0.2) is 0 Å². The predicted molar refractivity (Wildman–Crippen MR) is 320 cm³/mol. The minimum atomic E-state index is -1.63. The Bertz CT molecular complexity index is 1340. The van der Waals surface area contributed by atoms with Crippen molar-refractivity contribution in [1.82, 2.24) is 0 Å². The van der Waals surface area contributed by atoms with Crippen LogP contribution in [0, 0.1) is 0 Å². The van der Waals surface area contributed by atoms with E-state index in [-0.39, 0.29) is 38.6 Å². The molecule has 0 aliphatic heterocycles. The maximum atomic E-state index is 12.8. The number of likely N-dealkylation sites (N-methyl/N-ethyl adjacent to an activating group) is 1. The van der Waals surface area contributed by atoms with E-state index in [0.717, 1.165) is 57.8 Å². The number of ether oxygens (including phenoxy) is 4. The van der Waals surface area contributed by atoms with Gasteiger partial charge in [-0.15, -0.1) is 0 Å². The summed E-state index contributed by atoms with van der Waals surface area (Å²) in [4.78, 5) is 37.2. The van der Waals surface area contributed by atoms with Gasteiger partial charge in [0.05, 0.1) is 40.3 Å². The van der Waals surface area contributed by atoms with Gasteiger partial charge in [0.1, 0.15) is 13.2 Å². The lowest BCUT2D eigenvalue weighted by Crippen LogP contribution is -2.44. The molecule has 446 valence electrons. The van der Waals surface area contributed by atoms with Crippen LogP contribution in [0.15, 0.2) is 36.5 Å². The molecule has 2 atom stereocenters. The van der Waals surface area contributed by atoms with Crippen LogP contribution in [0.25, 0.3) is 0 Å². The molecule has 0 N–H and O–H groups in total. The SMILES string of the molecule is CC/C=C\C/C=C\C/C=C\CCCCCC(=O)OC(COC(=O)CCCCCCCCCCCCCCCCCCCCCCCCCCCCCCCCCCCCCCCC)COC(OCC[N+](C)(C)C)C(=O)[O-]. The number of unbranched alkanes of at least 4 members (excludes halogenated alkanes) is 40. The molecule has 0 aromatic carbocycles. The number of carboxylic acids is 1. The minimum Gasteiger partial charge on any atom is -0.545 e. The van der Waals surface area contributed by atoms with Crippen LogP contribution >= 0.6 is 0 Å². The summed E-state index contributed by atoms with van der Waals surface area (Å²) < 4.78 is 22.6. The van der Waals surface area contributed by atoms with E-state index in [4.69, 9.17) is 18.9 Å². The molecule has 2 unspecified atom stereocenters. The Morgan fingerprint density at radius 1 is 0.408 bits per heavy atom. The Kier molecular flexibility index (Phi) is 56.7. The van der Waals surface area contributed by atoms with Crippen LogP contribution in [0.3, 0.4) is 0 Å². The molecule has 0 saturated carbocycles. The average molecular weight is 1070 g/mol. The quantitative estimate of drug-likeness (QED) is 0.0195. The van der Waals surface area contributed by atoms with Gasteiger partial charge in [0.15, 0.2) is 12.4 Å². The lowest BCUT2D eigenvalue weighted by molar-refractivity contribution is -0.870. The molecule has 76 heavy (non-hydrogen) atoms. The summed E-state index contributed by atoms with van der Waals surface area (Å²) in [6.07, 6.45) is 69.8. The Labute approximate surface area is 470 Å². The summed E-state index contributed by atoms with van der Waals surface area (Å²) in [5, 5.41) is 11.8. The van der Waals surface area contributed by atoms with Crippen LogP contribution in [0.4, 0.5) is 0 Å². The largest absolute Gasteiger partial charge is 0.545 e. The van der Waals surface area contributed by atoms with E-state index in [1.165, 1.54) is 225 Å². The molecular weight excluding hydrogens is 947 g/mol. The highest BCUT2D eigenvalue weighted by Crippen LogP contribution is 2.18. The Morgan fingerprint density at radius 3 is 1.12 bits per heavy atom. The first-order chi connectivity index (χ1) is 37.1. The second-order valence-electron chi connectivity index (χ2n) is 23.4. The molecule has 0 heterocycles. The van der Waals surface area contributed by atoms with Gasteiger partial charge in [0, 0.05) is 12.8 Å².